The highest BCUT2D eigenvalue weighted by molar-refractivity contribution is 8.00. The van der Waals surface area contributed by atoms with E-state index in [4.69, 9.17) is 4.42 Å². The van der Waals surface area contributed by atoms with Crippen molar-refractivity contribution in [1.82, 2.24) is 15.2 Å². The molecule has 0 aromatic carbocycles. The van der Waals surface area contributed by atoms with Crippen LogP contribution in [0.1, 0.15) is 36.5 Å². The molecule has 2 amide bonds. The quantitative estimate of drug-likeness (QED) is 0.790. The minimum Gasteiger partial charge on any atom is -0.459 e. The van der Waals surface area contributed by atoms with Gasteiger partial charge in [0.25, 0.3) is 5.91 Å². The van der Waals surface area contributed by atoms with Crippen molar-refractivity contribution in [1.29, 1.82) is 0 Å². The highest BCUT2D eigenvalue weighted by atomic mass is 32.2. The Bertz CT molecular complexity index is 749. The summed E-state index contributed by atoms with van der Waals surface area (Å²) >= 11 is 1.66. The zero-order valence-corrected chi connectivity index (χ0v) is 16.4. The largest absolute Gasteiger partial charge is 0.459 e. The lowest BCUT2D eigenvalue weighted by Crippen LogP contribution is -2.50. The fraction of sp³-hybridized carbons (Fsp3) is 0.450. The van der Waals surface area contributed by atoms with Gasteiger partial charge in [0.1, 0.15) is 6.04 Å². The summed E-state index contributed by atoms with van der Waals surface area (Å²) in [6, 6.07) is 8.58. The normalized spacial score (nSPS) is 19.4. The van der Waals surface area contributed by atoms with Crippen molar-refractivity contribution in [3.63, 3.8) is 0 Å². The Labute approximate surface area is 163 Å². The fourth-order valence-corrected chi connectivity index (χ4v) is 4.77. The summed E-state index contributed by atoms with van der Waals surface area (Å²) in [6.07, 6.45) is 4.73. The molecule has 3 heterocycles. The molecule has 0 saturated carbocycles. The van der Waals surface area contributed by atoms with Crippen molar-refractivity contribution < 1.29 is 14.0 Å². The SMILES string of the molecule is CC(C)CC1SCC(C(=O)NCCc2ccccn2)N1C(=O)c1ccco1. The molecule has 0 radical (unpaired) electrons. The fourth-order valence-electron chi connectivity index (χ4n) is 3.13. The summed E-state index contributed by atoms with van der Waals surface area (Å²) < 4.78 is 5.29. The predicted molar refractivity (Wildman–Crippen MR) is 105 cm³/mol. The van der Waals surface area contributed by atoms with Crippen LogP contribution in [0.25, 0.3) is 0 Å². The van der Waals surface area contributed by atoms with Gasteiger partial charge in [0.2, 0.25) is 5.91 Å². The number of amides is 2. The Balaban J connectivity index is 1.66. The smallest absolute Gasteiger partial charge is 0.291 e. The number of nitrogens with one attached hydrogen (secondary N) is 1. The third-order valence-electron chi connectivity index (χ3n) is 4.44. The van der Waals surface area contributed by atoms with Crippen molar-refractivity contribution in [3.05, 3.63) is 54.2 Å². The van der Waals surface area contributed by atoms with Gasteiger partial charge in [-0.05, 0) is 36.6 Å². The van der Waals surface area contributed by atoms with Gasteiger partial charge < -0.3 is 14.6 Å². The number of furan rings is 1. The summed E-state index contributed by atoms with van der Waals surface area (Å²) in [5.74, 6) is 0.960. The standard InChI is InChI=1S/C20H25N3O3S/c1-14(2)12-18-23(20(25)17-7-5-11-26-17)16(13-27-18)19(24)22-10-8-15-6-3-4-9-21-15/h3-7,9,11,14,16,18H,8,10,12-13H2,1-2H3,(H,22,24). The van der Waals surface area contributed by atoms with Crippen molar-refractivity contribution in [2.24, 2.45) is 5.92 Å². The average molecular weight is 388 g/mol. The van der Waals surface area contributed by atoms with Crippen LogP contribution in [-0.4, -0.2) is 45.4 Å². The number of rotatable bonds is 7. The molecule has 2 aromatic heterocycles. The second-order valence-electron chi connectivity index (χ2n) is 6.99. The molecular formula is C20H25N3O3S. The molecule has 0 bridgehead atoms. The van der Waals surface area contributed by atoms with Crippen LogP contribution >= 0.6 is 11.8 Å². The summed E-state index contributed by atoms with van der Waals surface area (Å²) in [5, 5.41) is 2.94. The number of carbonyl (C=O) groups excluding carboxylic acids is 2. The minimum atomic E-state index is -0.486. The molecular weight excluding hydrogens is 362 g/mol. The molecule has 0 spiro atoms. The lowest BCUT2D eigenvalue weighted by molar-refractivity contribution is -0.124. The topological polar surface area (TPSA) is 75.4 Å². The van der Waals surface area contributed by atoms with E-state index in [0.29, 0.717) is 24.6 Å². The molecule has 1 N–H and O–H groups in total. The molecule has 2 unspecified atom stereocenters. The average Bonchev–Trinajstić information content (AvgIpc) is 3.31. The Kier molecular flexibility index (Phi) is 6.55. The van der Waals surface area contributed by atoms with Gasteiger partial charge in [-0.25, -0.2) is 0 Å². The molecule has 1 fully saturated rings. The van der Waals surface area contributed by atoms with Gasteiger partial charge in [0.15, 0.2) is 5.76 Å². The minimum absolute atomic E-state index is 0.0193. The zero-order chi connectivity index (χ0) is 19.2. The van der Waals surface area contributed by atoms with Crippen LogP contribution in [0.5, 0.6) is 0 Å². The maximum Gasteiger partial charge on any atom is 0.291 e. The van der Waals surface area contributed by atoms with E-state index >= 15 is 0 Å². The maximum atomic E-state index is 12.9. The molecule has 6 nitrogen and oxygen atoms in total. The summed E-state index contributed by atoms with van der Waals surface area (Å²) in [4.78, 5) is 31.7. The Morgan fingerprint density at radius 3 is 2.85 bits per heavy atom. The van der Waals surface area contributed by atoms with E-state index in [1.807, 2.05) is 18.2 Å². The van der Waals surface area contributed by atoms with Crippen LogP contribution in [0.2, 0.25) is 0 Å². The van der Waals surface area contributed by atoms with Crippen LogP contribution in [0.3, 0.4) is 0 Å². The Morgan fingerprint density at radius 2 is 2.19 bits per heavy atom. The molecule has 0 aliphatic carbocycles. The number of thioether (sulfide) groups is 1. The van der Waals surface area contributed by atoms with E-state index in [1.165, 1.54) is 6.26 Å². The van der Waals surface area contributed by atoms with E-state index in [-0.39, 0.29) is 22.9 Å². The molecule has 2 aromatic rings. The molecule has 27 heavy (non-hydrogen) atoms. The lowest BCUT2D eigenvalue weighted by Gasteiger charge is -2.29. The van der Waals surface area contributed by atoms with Crippen LogP contribution in [-0.2, 0) is 11.2 Å². The third-order valence-corrected chi connectivity index (χ3v) is 5.75. The van der Waals surface area contributed by atoms with E-state index in [9.17, 15) is 9.59 Å². The van der Waals surface area contributed by atoms with Gasteiger partial charge in [0, 0.05) is 30.6 Å². The summed E-state index contributed by atoms with van der Waals surface area (Å²) in [7, 11) is 0. The van der Waals surface area contributed by atoms with Gasteiger partial charge in [-0.15, -0.1) is 11.8 Å². The van der Waals surface area contributed by atoms with Crippen molar-refractivity contribution >= 4 is 23.6 Å². The molecule has 2 atom stereocenters. The number of hydrogen-bond donors (Lipinski definition) is 1. The first kappa shape index (κ1) is 19.5. The first-order valence-electron chi connectivity index (χ1n) is 9.21. The van der Waals surface area contributed by atoms with Gasteiger partial charge in [-0.3, -0.25) is 14.6 Å². The van der Waals surface area contributed by atoms with E-state index in [2.05, 4.69) is 24.1 Å². The third kappa shape index (κ3) is 4.91. The number of pyridine rings is 1. The van der Waals surface area contributed by atoms with Crippen LogP contribution in [0, 0.1) is 5.92 Å². The monoisotopic (exact) mass is 387 g/mol. The highest BCUT2D eigenvalue weighted by Crippen LogP contribution is 2.34. The van der Waals surface area contributed by atoms with Crippen LogP contribution in [0.15, 0.2) is 47.2 Å². The Morgan fingerprint density at radius 1 is 1.33 bits per heavy atom. The van der Waals surface area contributed by atoms with Crippen molar-refractivity contribution in [3.8, 4) is 0 Å². The summed E-state index contributed by atoms with van der Waals surface area (Å²) in [5.41, 5.74) is 0.930. The number of aromatic nitrogens is 1. The lowest BCUT2D eigenvalue weighted by atomic mass is 10.1. The molecule has 1 saturated heterocycles. The second kappa shape index (κ2) is 9.08. The maximum absolute atomic E-state index is 12.9. The van der Waals surface area contributed by atoms with E-state index in [1.54, 1.807) is 35.0 Å². The first-order chi connectivity index (χ1) is 13.1. The molecule has 3 rings (SSSR count). The van der Waals surface area contributed by atoms with Crippen LogP contribution in [0.4, 0.5) is 0 Å². The number of nitrogens with zero attached hydrogens (tertiary/aromatic N) is 2. The zero-order valence-electron chi connectivity index (χ0n) is 15.6. The van der Waals surface area contributed by atoms with Gasteiger partial charge in [-0.2, -0.15) is 0 Å². The second-order valence-corrected chi connectivity index (χ2v) is 8.20. The van der Waals surface area contributed by atoms with Crippen LogP contribution < -0.4 is 5.32 Å². The van der Waals surface area contributed by atoms with Gasteiger partial charge in [0.05, 0.1) is 11.6 Å². The molecule has 1 aliphatic rings. The van der Waals surface area contributed by atoms with E-state index in [0.717, 1.165) is 12.1 Å². The van der Waals surface area contributed by atoms with Gasteiger partial charge in [-0.1, -0.05) is 19.9 Å². The first-order valence-corrected chi connectivity index (χ1v) is 10.3. The number of carbonyl (C=O) groups is 2. The Hall–Kier alpha value is -2.28. The number of hydrogen-bond acceptors (Lipinski definition) is 5. The molecule has 144 valence electrons. The molecule has 7 heteroatoms. The predicted octanol–water partition coefficient (Wildman–Crippen LogP) is 2.96. The van der Waals surface area contributed by atoms with Crippen molar-refractivity contribution in [2.45, 2.75) is 38.1 Å². The highest BCUT2D eigenvalue weighted by Gasteiger charge is 2.42. The summed E-state index contributed by atoms with van der Waals surface area (Å²) in [6.45, 7) is 4.74. The van der Waals surface area contributed by atoms with Crippen molar-refractivity contribution in [2.75, 3.05) is 12.3 Å². The van der Waals surface area contributed by atoms with E-state index < -0.39 is 6.04 Å². The van der Waals surface area contributed by atoms with Gasteiger partial charge >= 0.3 is 0 Å². The molecule has 1 aliphatic heterocycles.